The van der Waals surface area contributed by atoms with Gasteiger partial charge >= 0.3 is 10.1 Å². The van der Waals surface area contributed by atoms with Gasteiger partial charge in [-0.3, -0.25) is 9.48 Å². The third-order valence-corrected chi connectivity index (χ3v) is 2.25. The lowest BCUT2D eigenvalue weighted by Crippen LogP contribution is -2.24. The number of nitrogens with one attached hydrogen (secondary N) is 1. The molecule has 0 radical (unpaired) electrons. The molecule has 0 fully saturated rings. The molecule has 0 saturated heterocycles. The molecule has 1 aromatic heterocycles. The topological polar surface area (TPSA) is 114 Å². The van der Waals surface area contributed by atoms with Crippen LogP contribution in [0.25, 0.3) is 0 Å². The summed E-state index contributed by atoms with van der Waals surface area (Å²) >= 11 is 0. The maximum Gasteiger partial charge on any atom is 0.307 e. The average Bonchev–Trinajstić information content (AvgIpc) is 2.57. The Morgan fingerprint density at radius 2 is 2.33 bits per heavy atom. The second kappa shape index (κ2) is 5.50. The molecule has 0 aromatic carbocycles. The summed E-state index contributed by atoms with van der Waals surface area (Å²) < 4.78 is 27.9. The zero-order valence-electron chi connectivity index (χ0n) is 9.87. The van der Waals surface area contributed by atoms with Gasteiger partial charge in [0.15, 0.2) is 0 Å². The molecule has 0 bridgehead atoms. The predicted molar refractivity (Wildman–Crippen MR) is 61.2 cm³/mol. The van der Waals surface area contributed by atoms with Gasteiger partial charge in [0.25, 0.3) is 11.8 Å². The number of hydrogen-bond donors (Lipinski definition) is 1. The molecule has 0 unspecified atom stereocenters. The van der Waals surface area contributed by atoms with Crippen molar-refractivity contribution in [1.29, 1.82) is 5.26 Å². The molecule has 1 N–H and O–H groups in total. The number of nitrogens with zero attached hydrogens (tertiary/aromatic N) is 3. The number of rotatable bonds is 5. The molecular formula is C9H12N4O4S. The second-order valence-corrected chi connectivity index (χ2v) is 5.05. The molecule has 1 amide bonds. The molecule has 0 saturated carbocycles. The molecular weight excluding hydrogens is 260 g/mol. The molecule has 0 spiro atoms. The van der Waals surface area contributed by atoms with Gasteiger partial charge < -0.3 is 9.50 Å². The van der Waals surface area contributed by atoms with Crippen LogP contribution in [-0.2, 0) is 17.2 Å². The molecule has 98 valence electrons. The molecule has 0 atom stereocenters. The number of aryl methyl sites for hydroxylation is 1. The zero-order chi connectivity index (χ0) is 13.8. The average molecular weight is 272 g/mol. The van der Waals surface area contributed by atoms with Crippen LogP contribution in [0.2, 0.25) is 0 Å². The number of nitriles is 1. The van der Waals surface area contributed by atoms with E-state index in [-0.39, 0.29) is 24.4 Å². The van der Waals surface area contributed by atoms with Crippen molar-refractivity contribution < 1.29 is 17.4 Å². The summed E-state index contributed by atoms with van der Waals surface area (Å²) in [7, 11) is -2.22. The van der Waals surface area contributed by atoms with Gasteiger partial charge in [0.05, 0.1) is 18.7 Å². The Morgan fingerprint density at radius 1 is 1.67 bits per heavy atom. The summed E-state index contributed by atoms with van der Waals surface area (Å²) in [6, 6.07) is 1.87. The molecule has 0 aliphatic heterocycles. The van der Waals surface area contributed by atoms with Crippen LogP contribution in [0.4, 0.5) is 0 Å². The van der Waals surface area contributed by atoms with Crippen molar-refractivity contribution in [3.8, 4) is 11.9 Å². The molecule has 0 aliphatic rings. The fourth-order valence-electron chi connectivity index (χ4n) is 1.16. The van der Waals surface area contributed by atoms with Crippen molar-refractivity contribution in [2.24, 2.45) is 7.05 Å². The van der Waals surface area contributed by atoms with Crippen LogP contribution >= 0.6 is 0 Å². The Labute approximate surface area is 104 Å². The van der Waals surface area contributed by atoms with Crippen LogP contribution in [0.5, 0.6) is 5.88 Å². The van der Waals surface area contributed by atoms with E-state index < -0.39 is 16.0 Å². The summed E-state index contributed by atoms with van der Waals surface area (Å²) in [6.07, 6.45) is 2.36. The fourth-order valence-corrected chi connectivity index (χ4v) is 1.57. The van der Waals surface area contributed by atoms with Crippen LogP contribution in [-0.4, -0.2) is 36.9 Å². The van der Waals surface area contributed by atoms with E-state index in [1.54, 1.807) is 0 Å². The van der Waals surface area contributed by atoms with Crippen molar-refractivity contribution in [3.63, 3.8) is 0 Å². The van der Waals surface area contributed by atoms with E-state index in [0.29, 0.717) is 0 Å². The first-order valence-corrected chi connectivity index (χ1v) is 6.73. The second-order valence-electron chi connectivity index (χ2n) is 3.47. The minimum absolute atomic E-state index is 0.000801. The van der Waals surface area contributed by atoms with E-state index in [0.717, 1.165) is 6.26 Å². The Balaban J connectivity index is 2.88. The number of carbonyl (C=O) groups is 1. The van der Waals surface area contributed by atoms with Gasteiger partial charge in [0.2, 0.25) is 0 Å². The van der Waals surface area contributed by atoms with Crippen LogP contribution in [0.1, 0.15) is 16.8 Å². The first kappa shape index (κ1) is 14.0. The summed E-state index contributed by atoms with van der Waals surface area (Å²) in [5.74, 6) is -0.827. The molecule has 1 heterocycles. The first-order valence-electron chi connectivity index (χ1n) is 4.91. The van der Waals surface area contributed by atoms with Gasteiger partial charge in [0.1, 0.15) is 5.56 Å². The highest BCUT2D eigenvalue weighted by Crippen LogP contribution is 2.16. The third kappa shape index (κ3) is 4.06. The highest BCUT2D eigenvalue weighted by molar-refractivity contribution is 7.86. The first-order chi connectivity index (χ1) is 8.33. The van der Waals surface area contributed by atoms with Crippen molar-refractivity contribution >= 4 is 16.0 Å². The minimum Gasteiger partial charge on any atom is -0.359 e. The van der Waals surface area contributed by atoms with E-state index in [2.05, 4.69) is 14.6 Å². The summed E-state index contributed by atoms with van der Waals surface area (Å²) in [4.78, 5) is 11.7. The monoisotopic (exact) mass is 272 g/mol. The van der Waals surface area contributed by atoms with Gasteiger partial charge in [-0.2, -0.15) is 13.7 Å². The number of carbonyl (C=O) groups excluding carboxylic acids is 1. The maximum absolute atomic E-state index is 11.7. The normalized spacial score (nSPS) is 10.7. The zero-order valence-corrected chi connectivity index (χ0v) is 10.7. The summed E-state index contributed by atoms with van der Waals surface area (Å²) in [6.45, 7) is 0.169. The summed E-state index contributed by atoms with van der Waals surface area (Å²) in [5, 5.41) is 14.5. The maximum atomic E-state index is 11.7. The Bertz CT molecular complexity index is 584. The van der Waals surface area contributed by atoms with Crippen LogP contribution < -0.4 is 9.50 Å². The molecule has 18 heavy (non-hydrogen) atoms. The summed E-state index contributed by atoms with van der Waals surface area (Å²) in [5.41, 5.74) is 0.000801. The fraction of sp³-hybridized carbons (Fsp3) is 0.444. The standard InChI is InChI=1S/C9H12N4O4S/c1-13-6-7(8(14)11-5-3-4-10)9(12-13)17-18(2,15)16/h6H,3,5H2,1-2H3,(H,11,14). The lowest BCUT2D eigenvalue weighted by molar-refractivity contribution is 0.0953. The van der Waals surface area contributed by atoms with E-state index in [9.17, 15) is 13.2 Å². The number of hydrogen-bond acceptors (Lipinski definition) is 6. The minimum atomic E-state index is -3.75. The Hall–Kier alpha value is -2.08. The highest BCUT2D eigenvalue weighted by Gasteiger charge is 2.19. The number of aromatic nitrogens is 2. The highest BCUT2D eigenvalue weighted by atomic mass is 32.2. The quantitative estimate of drug-likeness (QED) is 0.565. The van der Waals surface area contributed by atoms with Crippen molar-refractivity contribution in [2.75, 3.05) is 12.8 Å². The van der Waals surface area contributed by atoms with E-state index in [1.165, 1.54) is 17.9 Å². The van der Waals surface area contributed by atoms with Gasteiger partial charge in [-0.25, -0.2) is 0 Å². The molecule has 1 rings (SSSR count). The Morgan fingerprint density at radius 3 is 2.89 bits per heavy atom. The van der Waals surface area contributed by atoms with Crippen molar-refractivity contribution in [2.45, 2.75) is 6.42 Å². The van der Waals surface area contributed by atoms with E-state index >= 15 is 0 Å². The van der Waals surface area contributed by atoms with Crippen LogP contribution in [0.3, 0.4) is 0 Å². The van der Waals surface area contributed by atoms with Crippen LogP contribution in [0.15, 0.2) is 6.20 Å². The van der Waals surface area contributed by atoms with Crippen molar-refractivity contribution in [3.05, 3.63) is 11.8 Å². The lowest BCUT2D eigenvalue weighted by Gasteiger charge is -2.03. The lowest BCUT2D eigenvalue weighted by atomic mass is 10.3. The van der Waals surface area contributed by atoms with Gasteiger partial charge in [-0.05, 0) is 0 Å². The smallest absolute Gasteiger partial charge is 0.307 e. The molecule has 0 aliphatic carbocycles. The van der Waals surface area contributed by atoms with Gasteiger partial charge in [0, 0.05) is 19.8 Å². The largest absolute Gasteiger partial charge is 0.359 e. The third-order valence-electron chi connectivity index (χ3n) is 1.79. The molecule has 8 nitrogen and oxygen atoms in total. The molecule has 9 heteroatoms. The predicted octanol–water partition coefficient (Wildman–Crippen LogP) is -0.598. The van der Waals surface area contributed by atoms with Gasteiger partial charge in [-0.15, -0.1) is 5.10 Å². The Kier molecular flexibility index (Phi) is 4.28. The SMILES string of the molecule is Cn1cc(C(=O)NCCC#N)c(OS(C)(=O)=O)n1. The van der Waals surface area contributed by atoms with E-state index in [1.807, 2.05) is 6.07 Å². The van der Waals surface area contributed by atoms with E-state index in [4.69, 9.17) is 5.26 Å². The van der Waals surface area contributed by atoms with Gasteiger partial charge in [-0.1, -0.05) is 0 Å². The van der Waals surface area contributed by atoms with Crippen LogP contribution in [0, 0.1) is 11.3 Å². The van der Waals surface area contributed by atoms with Crippen molar-refractivity contribution in [1.82, 2.24) is 15.1 Å². The molecule has 1 aromatic rings. The number of amides is 1.